The summed E-state index contributed by atoms with van der Waals surface area (Å²) in [4.78, 5) is 0. The summed E-state index contributed by atoms with van der Waals surface area (Å²) in [5.41, 5.74) is 0. The van der Waals surface area contributed by atoms with Gasteiger partial charge in [-0.3, -0.25) is 13.7 Å². The molecule has 0 amide bonds. The molecule has 0 aromatic rings. The van der Waals surface area contributed by atoms with Crippen molar-refractivity contribution in [3.05, 3.63) is 0 Å². The van der Waals surface area contributed by atoms with E-state index in [1.54, 1.807) is 0 Å². The lowest BCUT2D eigenvalue weighted by atomic mass is 10.4. The fourth-order valence-corrected chi connectivity index (χ4v) is 12.0. The number of hydrogen-bond donors (Lipinski definition) is 0. The second-order valence-corrected chi connectivity index (χ2v) is 13.9. The molecule has 0 fully saturated rings. The number of rotatable bonds is 15. The molecule has 0 aromatic heterocycles. The predicted octanol–water partition coefficient (Wildman–Crippen LogP) is 5.22. The van der Waals surface area contributed by atoms with E-state index >= 15 is 0 Å². The molecule has 0 aliphatic rings. The van der Waals surface area contributed by atoms with Gasteiger partial charge in [0.05, 0.1) is 0 Å². The largest absolute Gasteiger partial charge is 0.358 e. The van der Waals surface area contributed by atoms with Crippen molar-refractivity contribution in [3.63, 3.8) is 0 Å². The summed E-state index contributed by atoms with van der Waals surface area (Å²) in [5, 5.41) is 0. The summed E-state index contributed by atoms with van der Waals surface area (Å²) in [6, 6.07) is -1.79. The van der Waals surface area contributed by atoms with Gasteiger partial charge in [0, 0.05) is 0 Å². The molecule has 0 rings (SSSR count). The van der Waals surface area contributed by atoms with E-state index in [4.69, 9.17) is 0 Å². The molecule has 0 heterocycles. The molecule has 0 saturated heterocycles. The second-order valence-electron chi connectivity index (χ2n) is 6.51. The van der Waals surface area contributed by atoms with Crippen LogP contribution < -0.4 is 0 Å². The summed E-state index contributed by atoms with van der Waals surface area (Å²) in [5.74, 6) is 0. The van der Waals surface area contributed by atoms with Gasteiger partial charge in [-0.15, -0.1) is 0 Å². The standard InChI is InChI=1S/C18H42IN3Si/c1-7-13-20(14-8-2)23(19,21(15-9-3)16-10-4)22(17-11-5)18-12-6/h7-18H2,1-6H3. The Morgan fingerprint density at radius 3 is 0.783 bits per heavy atom. The lowest BCUT2D eigenvalue weighted by Gasteiger charge is -2.50. The highest BCUT2D eigenvalue weighted by atomic mass is 127. The van der Waals surface area contributed by atoms with E-state index in [9.17, 15) is 0 Å². The van der Waals surface area contributed by atoms with Gasteiger partial charge in [-0.05, 0) is 77.8 Å². The van der Waals surface area contributed by atoms with Crippen molar-refractivity contribution in [1.29, 1.82) is 0 Å². The summed E-state index contributed by atoms with van der Waals surface area (Å²) in [7, 11) is 0. The number of hydrogen-bond acceptors (Lipinski definition) is 3. The fraction of sp³-hybridized carbons (Fsp3) is 1.00. The first-order valence-corrected chi connectivity index (χ1v) is 15.0. The quantitative estimate of drug-likeness (QED) is 0.190. The van der Waals surface area contributed by atoms with Crippen molar-refractivity contribution in [2.45, 2.75) is 80.1 Å². The lowest BCUT2D eigenvalue weighted by Crippen LogP contribution is -2.72. The Bertz CT molecular complexity index is 220. The van der Waals surface area contributed by atoms with Gasteiger partial charge in [0.15, 0.2) is 0 Å². The van der Waals surface area contributed by atoms with Gasteiger partial charge >= 0.3 is 6.06 Å². The van der Waals surface area contributed by atoms with E-state index in [1.807, 2.05) is 0 Å². The van der Waals surface area contributed by atoms with Gasteiger partial charge in [0.2, 0.25) is 0 Å². The Morgan fingerprint density at radius 2 is 0.652 bits per heavy atom. The molecule has 0 aliphatic carbocycles. The maximum atomic E-state index is 2.92. The van der Waals surface area contributed by atoms with Crippen LogP contribution in [0.2, 0.25) is 0 Å². The summed E-state index contributed by atoms with van der Waals surface area (Å²) in [6.45, 7) is 21.5. The van der Waals surface area contributed by atoms with E-state index in [-0.39, 0.29) is 0 Å². The zero-order chi connectivity index (χ0) is 17.7. The minimum atomic E-state index is -1.79. The molecular formula is C18H42IN3Si. The molecule has 0 aliphatic heterocycles. The van der Waals surface area contributed by atoms with Gasteiger partial charge < -0.3 is 0 Å². The van der Waals surface area contributed by atoms with Crippen LogP contribution in [0.3, 0.4) is 0 Å². The molecule has 0 unspecified atom stereocenters. The van der Waals surface area contributed by atoms with Crippen molar-refractivity contribution < 1.29 is 0 Å². The Morgan fingerprint density at radius 1 is 0.478 bits per heavy atom. The highest BCUT2D eigenvalue weighted by Crippen LogP contribution is 2.29. The van der Waals surface area contributed by atoms with Crippen LogP contribution in [0.15, 0.2) is 0 Å². The van der Waals surface area contributed by atoms with E-state index in [2.05, 4.69) is 77.0 Å². The molecule has 3 nitrogen and oxygen atoms in total. The summed E-state index contributed by atoms with van der Waals surface area (Å²) < 4.78 is 8.64. The highest BCUT2D eigenvalue weighted by molar-refractivity contribution is 14.1. The average molecular weight is 456 g/mol. The number of nitrogens with zero attached hydrogens (tertiary/aromatic N) is 3. The normalized spacial score (nSPS) is 12.8. The molecule has 0 atom stereocenters. The van der Waals surface area contributed by atoms with Crippen molar-refractivity contribution in [1.82, 2.24) is 13.7 Å². The third kappa shape index (κ3) is 7.30. The maximum absolute atomic E-state index is 2.92. The number of halogens is 1. The van der Waals surface area contributed by atoms with Crippen LogP contribution in [-0.2, 0) is 0 Å². The van der Waals surface area contributed by atoms with Crippen LogP contribution >= 0.6 is 21.8 Å². The lowest BCUT2D eigenvalue weighted by molar-refractivity contribution is 0.257. The van der Waals surface area contributed by atoms with Crippen LogP contribution in [0.5, 0.6) is 0 Å². The summed E-state index contributed by atoms with van der Waals surface area (Å²) in [6.07, 6.45) is 7.56. The van der Waals surface area contributed by atoms with Gasteiger partial charge in [-0.25, -0.2) is 0 Å². The van der Waals surface area contributed by atoms with Crippen LogP contribution in [0.4, 0.5) is 0 Å². The Labute approximate surface area is 160 Å². The average Bonchev–Trinajstić information content (AvgIpc) is 2.53. The minimum Gasteiger partial charge on any atom is -0.291 e. The van der Waals surface area contributed by atoms with Crippen molar-refractivity contribution in [2.75, 3.05) is 39.3 Å². The van der Waals surface area contributed by atoms with Crippen molar-refractivity contribution in [2.24, 2.45) is 0 Å². The fourth-order valence-electron chi connectivity index (χ4n) is 3.41. The molecule has 0 spiro atoms. The SMILES string of the molecule is CCCN(CCC)[Si](I)(N(CCC)CCC)N(CCC)CCC. The van der Waals surface area contributed by atoms with Crippen LogP contribution in [0.1, 0.15) is 80.1 Å². The van der Waals surface area contributed by atoms with E-state index < -0.39 is 6.06 Å². The van der Waals surface area contributed by atoms with Gasteiger partial charge in [0.25, 0.3) is 0 Å². The molecule has 140 valence electrons. The van der Waals surface area contributed by atoms with Gasteiger partial charge in [-0.2, -0.15) is 0 Å². The zero-order valence-electron chi connectivity index (χ0n) is 16.7. The minimum absolute atomic E-state index is 1.25. The molecule has 0 aromatic carbocycles. The first-order valence-electron chi connectivity index (χ1n) is 10.00. The van der Waals surface area contributed by atoms with Gasteiger partial charge in [-0.1, -0.05) is 63.3 Å². The van der Waals surface area contributed by atoms with Crippen LogP contribution in [-0.4, -0.2) is 59.0 Å². The van der Waals surface area contributed by atoms with Crippen molar-refractivity contribution >= 4 is 27.9 Å². The summed E-state index contributed by atoms with van der Waals surface area (Å²) >= 11 is 2.92. The van der Waals surface area contributed by atoms with Crippen molar-refractivity contribution in [3.8, 4) is 0 Å². The molecular weight excluding hydrogens is 413 g/mol. The topological polar surface area (TPSA) is 9.72 Å². The third-order valence-electron chi connectivity index (χ3n) is 4.17. The van der Waals surface area contributed by atoms with Crippen LogP contribution in [0.25, 0.3) is 0 Å². The third-order valence-corrected chi connectivity index (χ3v) is 14.1. The van der Waals surface area contributed by atoms with E-state index in [1.165, 1.54) is 77.8 Å². The zero-order valence-corrected chi connectivity index (χ0v) is 19.9. The molecule has 0 bridgehead atoms. The maximum Gasteiger partial charge on any atom is 0.358 e. The molecule has 23 heavy (non-hydrogen) atoms. The molecule has 0 radical (unpaired) electrons. The monoisotopic (exact) mass is 455 g/mol. The highest BCUT2D eigenvalue weighted by Gasteiger charge is 2.47. The first-order chi connectivity index (χ1) is 11.1. The second kappa shape index (κ2) is 14.0. The van der Waals surface area contributed by atoms with Crippen LogP contribution in [0, 0.1) is 0 Å². The van der Waals surface area contributed by atoms with E-state index in [0.29, 0.717) is 0 Å². The molecule has 0 saturated carbocycles. The predicted molar refractivity (Wildman–Crippen MR) is 116 cm³/mol. The van der Waals surface area contributed by atoms with Gasteiger partial charge in [0.1, 0.15) is 0 Å². The molecule has 0 N–H and O–H groups in total. The smallest absolute Gasteiger partial charge is 0.291 e. The van der Waals surface area contributed by atoms with E-state index in [0.717, 1.165) is 0 Å². The molecule has 5 heteroatoms. The first kappa shape index (κ1) is 23.8. The Hall–Kier alpha value is 0.827. The Balaban J connectivity index is 5.73. The Kier molecular flexibility index (Phi) is 14.5.